The zero-order chi connectivity index (χ0) is 18.7. The Balaban J connectivity index is 1.87. The van der Waals surface area contributed by atoms with Crippen LogP contribution in [0.15, 0.2) is 47.1 Å². The molecule has 2 aromatic rings. The van der Waals surface area contributed by atoms with Crippen LogP contribution in [0.5, 0.6) is 0 Å². The van der Waals surface area contributed by atoms with Crippen molar-refractivity contribution < 1.29 is 18.8 Å². The molecule has 1 unspecified atom stereocenters. The highest BCUT2D eigenvalue weighted by Gasteiger charge is 2.44. The van der Waals surface area contributed by atoms with Gasteiger partial charge in [-0.3, -0.25) is 14.4 Å². The zero-order valence-corrected chi connectivity index (χ0v) is 16.5. The number of anilines is 1. The first kappa shape index (κ1) is 18.6. The summed E-state index contributed by atoms with van der Waals surface area (Å²) in [5, 5.41) is 0. The van der Waals surface area contributed by atoms with E-state index >= 15 is 0 Å². The largest absolute Gasteiger partial charge is 0.467 e. The molecule has 0 radical (unpaired) electrons. The number of furan rings is 1. The normalized spacial score (nSPS) is 17.0. The summed E-state index contributed by atoms with van der Waals surface area (Å²) in [6, 6.07) is 9.85. The molecule has 6 nitrogen and oxygen atoms in total. The molecule has 7 heteroatoms. The van der Waals surface area contributed by atoms with Crippen LogP contribution in [-0.2, 0) is 20.9 Å². The fraction of sp³-hybridized carbons (Fsp3) is 0.316. The first-order valence-corrected chi connectivity index (χ1v) is 9.53. The molecule has 136 valence electrons. The number of hydrogen-bond donors (Lipinski definition) is 0. The van der Waals surface area contributed by atoms with Gasteiger partial charge in [0.2, 0.25) is 11.8 Å². The van der Waals surface area contributed by atoms with Gasteiger partial charge < -0.3 is 9.32 Å². The Hall–Kier alpha value is -2.16. The third kappa shape index (κ3) is 3.82. The van der Waals surface area contributed by atoms with Crippen LogP contribution < -0.4 is 4.90 Å². The van der Waals surface area contributed by atoms with Crippen molar-refractivity contribution in [3.8, 4) is 0 Å². The maximum Gasteiger partial charge on any atom is 0.257 e. The van der Waals surface area contributed by atoms with Crippen LogP contribution in [0.1, 0.15) is 31.9 Å². The Morgan fingerprint density at radius 2 is 2.00 bits per heavy atom. The molecule has 26 heavy (non-hydrogen) atoms. The molecule has 1 saturated heterocycles. The Labute approximate surface area is 165 Å². The van der Waals surface area contributed by atoms with Crippen LogP contribution in [-0.4, -0.2) is 28.7 Å². The predicted octanol–water partition coefficient (Wildman–Crippen LogP) is 3.35. The van der Waals surface area contributed by atoms with Crippen LogP contribution in [0.4, 0.5) is 5.69 Å². The minimum absolute atomic E-state index is 0.0129. The summed E-state index contributed by atoms with van der Waals surface area (Å²) < 4.78 is 6.35. The highest BCUT2D eigenvalue weighted by Crippen LogP contribution is 2.27. The molecule has 1 aliphatic rings. The number of carbonyl (C=O) groups is 3. The number of amides is 3. The standard InChI is InChI=1S/C19H19IN2O4/c1-2-4-17(23)21(12-15-5-3-10-26-15)16-11-18(24)22(19(16)25)14-8-6-13(20)7-9-14/h3,5-10,16H,2,4,11-12H2,1H3. The number of benzene rings is 1. The first-order chi connectivity index (χ1) is 12.5. The Morgan fingerprint density at radius 1 is 1.27 bits per heavy atom. The predicted molar refractivity (Wildman–Crippen MR) is 104 cm³/mol. The Kier molecular flexibility index (Phi) is 5.75. The van der Waals surface area contributed by atoms with Gasteiger partial charge in [0, 0.05) is 9.99 Å². The molecule has 1 atom stereocenters. The number of carbonyl (C=O) groups excluding carboxylic acids is 3. The maximum atomic E-state index is 13.0. The van der Waals surface area contributed by atoms with E-state index in [9.17, 15) is 14.4 Å². The molecular weight excluding hydrogens is 447 g/mol. The average Bonchev–Trinajstić information content (AvgIpc) is 3.22. The molecule has 1 aromatic carbocycles. The van der Waals surface area contributed by atoms with Crippen molar-refractivity contribution >= 4 is 46.0 Å². The quantitative estimate of drug-likeness (QED) is 0.484. The van der Waals surface area contributed by atoms with Gasteiger partial charge in [0.15, 0.2) is 0 Å². The first-order valence-electron chi connectivity index (χ1n) is 8.45. The molecular formula is C19H19IN2O4. The second-order valence-electron chi connectivity index (χ2n) is 6.11. The van der Waals surface area contributed by atoms with Crippen molar-refractivity contribution in [2.24, 2.45) is 0 Å². The van der Waals surface area contributed by atoms with Crippen molar-refractivity contribution in [3.63, 3.8) is 0 Å². The number of nitrogens with zero attached hydrogens (tertiary/aromatic N) is 2. The fourth-order valence-electron chi connectivity index (χ4n) is 3.02. The van der Waals surface area contributed by atoms with Gasteiger partial charge in [0.1, 0.15) is 11.8 Å². The van der Waals surface area contributed by atoms with E-state index in [4.69, 9.17) is 4.42 Å². The monoisotopic (exact) mass is 466 g/mol. The molecule has 3 rings (SSSR count). The summed E-state index contributed by atoms with van der Waals surface area (Å²) in [6.07, 6.45) is 2.50. The lowest BCUT2D eigenvalue weighted by Crippen LogP contribution is -2.45. The summed E-state index contributed by atoms with van der Waals surface area (Å²) >= 11 is 2.16. The number of imide groups is 1. The Morgan fingerprint density at radius 3 is 2.62 bits per heavy atom. The summed E-state index contributed by atoms with van der Waals surface area (Å²) in [7, 11) is 0. The fourth-order valence-corrected chi connectivity index (χ4v) is 3.38. The maximum absolute atomic E-state index is 13.0. The minimum atomic E-state index is -0.800. The van der Waals surface area contributed by atoms with Gasteiger partial charge in [0.25, 0.3) is 5.91 Å². The number of halogens is 1. The van der Waals surface area contributed by atoms with Crippen LogP contribution in [0.2, 0.25) is 0 Å². The molecule has 0 aliphatic carbocycles. The second kappa shape index (κ2) is 8.03. The van der Waals surface area contributed by atoms with Gasteiger partial charge in [-0.2, -0.15) is 0 Å². The highest BCUT2D eigenvalue weighted by molar-refractivity contribution is 14.1. The van der Waals surface area contributed by atoms with E-state index in [0.29, 0.717) is 24.3 Å². The SMILES string of the molecule is CCCC(=O)N(Cc1ccco1)C1CC(=O)N(c2ccc(I)cc2)C1=O. The lowest BCUT2D eigenvalue weighted by molar-refractivity contribution is -0.139. The van der Waals surface area contributed by atoms with Crippen LogP contribution in [0, 0.1) is 3.57 Å². The third-order valence-electron chi connectivity index (χ3n) is 4.27. The van der Waals surface area contributed by atoms with Crippen molar-refractivity contribution in [3.05, 3.63) is 52.0 Å². The van der Waals surface area contributed by atoms with Crippen molar-refractivity contribution in [2.45, 2.75) is 38.8 Å². The molecule has 1 aliphatic heterocycles. The zero-order valence-electron chi connectivity index (χ0n) is 14.4. The van der Waals surface area contributed by atoms with Gasteiger partial charge in [-0.15, -0.1) is 0 Å². The van der Waals surface area contributed by atoms with Gasteiger partial charge in [-0.1, -0.05) is 6.92 Å². The second-order valence-corrected chi connectivity index (χ2v) is 7.36. The van der Waals surface area contributed by atoms with Crippen molar-refractivity contribution in [1.29, 1.82) is 0 Å². The minimum Gasteiger partial charge on any atom is -0.467 e. The molecule has 2 heterocycles. The number of rotatable bonds is 6. The molecule has 0 bridgehead atoms. The van der Waals surface area contributed by atoms with Crippen LogP contribution in [0.25, 0.3) is 0 Å². The van der Waals surface area contributed by atoms with Gasteiger partial charge >= 0.3 is 0 Å². The highest BCUT2D eigenvalue weighted by atomic mass is 127. The molecule has 0 spiro atoms. The van der Waals surface area contributed by atoms with Crippen LogP contribution >= 0.6 is 22.6 Å². The van der Waals surface area contributed by atoms with E-state index < -0.39 is 6.04 Å². The summed E-state index contributed by atoms with van der Waals surface area (Å²) in [5.74, 6) is -0.232. The van der Waals surface area contributed by atoms with E-state index in [-0.39, 0.29) is 30.7 Å². The molecule has 1 fully saturated rings. The summed E-state index contributed by atoms with van der Waals surface area (Å²) in [4.78, 5) is 40.7. The summed E-state index contributed by atoms with van der Waals surface area (Å²) in [6.45, 7) is 2.08. The lowest BCUT2D eigenvalue weighted by Gasteiger charge is -2.26. The van der Waals surface area contributed by atoms with Gasteiger partial charge in [-0.05, 0) is 65.4 Å². The van der Waals surface area contributed by atoms with Crippen molar-refractivity contribution in [2.75, 3.05) is 4.90 Å². The van der Waals surface area contributed by atoms with Gasteiger partial charge in [0.05, 0.1) is 24.9 Å². The molecule has 1 aromatic heterocycles. The average molecular weight is 466 g/mol. The molecule has 3 amide bonds. The van der Waals surface area contributed by atoms with E-state index in [1.165, 1.54) is 16.1 Å². The van der Waals surface area contributed by atoms with E-state index in [1.807, 2.05) is 19.1 Å². The summed E-state index contributed by atoms with van der Waals surface area (Å²) in [5.41, 5.74) is 0.531. The molecule has 0 saturated carbocycles. The van der Waals surface area contributed by atoms with E-state index in [2.05, 4.69) is 22.6 Å². The lowest BCUT2D eigenvalue weighted by atomic mass is 10.1. The van der Waals surface area contributed by atoms with Crippen LogP contribution in [0.3, 0.4) is 0 Å². The van der Waals surface area contributed by atoms with E-state index in [0.717, 1.165) is 3.57 Å². The number of hydrogen-bond acceptors (Lipinski definition) is 4. The topological polar surface area (TPSA) is 70.8 Å². The van der Waals surface area contributed by atoms with Gasteiger partial charge in [-0.25, -0.2) is 4.90 Å². The smallest absolute Gasteiger partial charge is 0.257 e. The molecule has 0 N–H and O–H groups in total. The van der Waals surface area contributed by atoms with E-state index in [1.54, 1.807) is 24.3 Å². The third-order valence-corrected chi connectivity index (χ3v) is 4.99. The van der Waals surface area contributed by atoms with Crippen molar-refractivity contribution in [1.82, 2.24) is 4.90 Å². The Bertz CT molecular complexity index is 801.